The van der Waals surface area contributed by atoms with Crippen molar-refractivity contribution in [2.24, 2.45) is 0 Å². The van der Waals surface area contributed by atoms with E-state index in [0.717, 1.165) is 6.42 Å². The summed E-state index contributed by atoms with van der Waals surface area (Å²) >= 11 is 0. The van der Waals surface area contributed by atoms with Gasteiger partial charge in [-0.3, -0.25) is 9.59 Å². The smallest absolute Gasteiger partial charge is 0.307 e. The fraction of sp³-hybridized carbons (Fsp3) is 0.500. The SMILES string of the molecule is C=CCC(=O)O.CCCC(=O)O. The summed E-state index contributed by atoms with van der Waals surface area (Å²) in [5.74, 6) is -1.54. The van der Waals surface area contributed by atoms with E-state index in [0.29, 0.717) is 6.42 Å². The van der Waals surface area contributed by atoms with Gasteiger partial charge in [-0.05, 0) is 6.42 Å². The number of hydrogen-bond donors (Lipinski definition) is 2. The number of aliphatic carboxylic acids is 2. The first kappa shape index (κ1) is 13.3. The van der Waals surface area contributed by atoms with Crippen LogP contribution in [0.25, 0.3) is 0 Å². The minimum absolute atomic E-state index is 0.0556. The topological polar surface area (TPSA) is 74.6 Å². The quantitative estimate of drug-likeness (QED) is 0.633. The average Bonchev–Trinajstić information content (AvgIpc) is 1.87. The van der Waals surface area contributed by atoms with Crippen LogP contribution in [-0.4, -0.2) is 22.2 Å². The van der Waals surface area contributed by atoms with Gasteiger partial charge in [0.1, 0.15) is 0 Å². The number of carboxylic acids is 2. The fourth-order valence-electron chi connectivity index (χ4n) is 0.337. The van der Waals surface area contributed by atoms with E-state index in [1.807, 2.05) is 6.92 Å². The molecule has 4 heteroatoms. The molecule has 0 aromatic heterocycles. The zero-order chi connectivity index (χ0) is 9.98. The minimum atomic E-state index is -0.829. The van der Waals surface area contributed by atoms with Crippen LogP contribution in [0.15, 0.2) is 12.7 Å². The Bertz CT molecular complexity index is 151. The van der Waals surface area contributed by atoms with Gasteiger partial charge in [0.25, 0.3) is 0 Å². The first-order valence-electron chi connectivity index (χ1n) is 3.59. The van der Waals surface area contributed by atoms with E-state index in [2.05, 4.69) is 6.58 Å². The molecule has 0 atom stereocenters. The highest BCUT2D eigenvalue weighted by atomic mass is 16.4. The third kappa shape index (κ3) is 23.4. The van der Waals surface area contributed by atoms with Crippen LogP contribution in [0, 0.1) is 0 Å². The fourth-order valence-corrected chi connectivity index (χ4v) is 0.337. The molecular formula is C8H14O4. The van der Waals surface area contributed by atoms with E-state index >= 15 is 0 Å². The summed E-state index contributed by atoms with van der Waals surface area (Å²) in [5.41, 5.74) is 0. The first-order valence-corrected chi connectivity index (χ1v) is 3.59. The van der Waals surface area contributed by atoms with E-state index in [1.54, 1.807) is 0 Å². The lowest BCUT2D eigenvalue weighted by Gasteiger charge is -1.79. The molecule has 0 saturated carbocycles. The molecule has 0 rings (SSSR count). The Morgan fingerprint density at radius 2 is 1.83 bits per heavy atom. The van der Waals surface area contributed by atoms with Gasteiger partial charge in [-0.1, -0.05) is 13.0 Å². The number of carboxylic acid groups (broad SMARTS) is 2. The summed E-state index contributed by atoms with van der Waals surface area (Å²) in [5, 5.41) is 15.8. The number of hydrogen-bond acceptors (Lipinski definition) is 2. The van der Waals surface area contributed by atoms with Crippen LogP contribution in [0.2, 0.25) is 0 Å². The molecule has 0 fully saturated rings. The lowest BCUT2D eigenvalue weighted by molar-refractivity contribution is -0.137. The van der Waals surface area contributed by atoms with E-state index in [9.17, 15) is 9.59 Å². The second-order valence-corrected chi connectivity index (χ2v) is 2.03. The van der Waals surface area contributed by atoms with E-state index < -0.39 is 11.9 Å². The van der Waals surface area contributed by atoms with E-state index in [4.69, 9.17) is 10.2 Å². The number of carbonyl (C=O) groups is 2. The first-order chi connectivity index (χ1) is 5.54. The molecule has 0 radical (unpaired) electrons. The van der Waals surface area contributed by atoms with Crippen molar-refractivity contribution in [2.45, 2.75) is 26.2 Å². The van der Waals surface area contributed by atoms with Gasteiger partial charge in [-0.25, -0.2) is 0 Å². The molecular weight excluding hydrogens is 160 g/mol. The van der Waals surface area contributed by atoms with Crippen molar-refractivity contribution in [3.05, 3.63) is 12.7 Å². The van der Waals surface area contributed by atoms with Crippen LogP contribution in [0.1, 0.15) is 26.2 Å². The van der Waals surface area contributed by atoms with Crippen molar-refractivity contribution in [3.8, 4) is 0 Å². The maximum absolute atomic E-state index is 9.60. The van der Waals surface area contributed by atoms with Crippen LogP contribution >= 0.6 is 0 Å². The molecule has 0 aromatic rings. The van der Waals surface area contributed by atoms with Gasteiger partial charge in [0.2, 0.25) is 0 Å². The Hall–Kier alpha value is -1.32. The minimum Gasteiger partial charge on any atom is -0.481 e. The molecule has 0 aliphatic rings. The monoisotopic (exact) mass is 174 g/mol. The van der Waals surface area contributed by atoms with Crippen LogP contribution in [0.5, 0.6) is 0 Å². The van der Waals surface area contributed by atoms with Crippen LogP contribution in [0.3, 0.4) is 0 Å². The van der Waals surface area contributed by atoms with Crippen LogP contribution in [0.4, 0.5) is 0 Å². The summed E-state index contributed by atoms with van der Waals surface area (Å²) in [6.45, 7) is 5.06. The summed E-state index contributed by atoms with van der Waals surface area (Å²) in [7, 11) is 0. The van der Waals surface area contributed by atoms with Gasteiger partial charge < -0.3 is 10.2 Å². The molecule has 70 valence electrons. The standard InChI is InChI=1S/C4H8O2.C4H6O2/c2*1-2-3-4(5)6/h2-3H2,1H3,(H,5,6);2H,1,3H2,(H,5,6). The predicted octanol–water partition coefficient (Wildman–Crippen LogP) is 1.52. The van der Waals surface area contributed by atoms with E-state index in [1.165, 1.54) is 6.08 Å². The van der Waals surface area contributed by atoms with Crippen molar-refractivity contribution in [2.75, 3.05) is 0 Å². The highest BCUT2D eigenvalue weighted by Crippen LogP contribution is 1.82. The maximum Gasteiger partial charge on any atom is 0.307 e. The van der Waals surface area contributed by atoms with Gasteiger partial charge in [0.05, 0.1) is 6.42 Å². The lowest BCUT2D eigenvalue weighted by Crippen LogP contribution is -1.90. The van der Waals surface area contributed by atoms with E-state index in [-0.39, 0.29) is 6.42 Å². The Morgan fingerprint density at radius 1 is 1.33 bits per heavy atom. The Labute approximate surface area is 71.5 Å². The number of rotatable bonds is 4. The van der Waals surface area contributed by atoms with Gasteiger partial charge in [0, 0.05) is 6.42 Å². The Kier molecular flexibility index (Phi) is 10.7. The van der Waals surface area contributed by atoms with Crippen molar-refractivity contribution < 1.29 is 19.8 Å². The van der Waals surface area contributed by atoms with Gasteiger partial charge in [-0.2, -0.15) is 0 Å². The normalized spacial score (nSPS) is 7.75. The average molecular weight is 174 g/mol. The predicted molar refractivity (Wildman–Crippen MR) is 45.0 cm³/mol. The zero-order valence-electron chi connectivity index (χ0n) is 7.12. The summed E-state index contributed by atoms with van der Waals surface area (Å²) in [6, 6.07) is 0. The third-order valence-corrected chi connectivity index (χ3v) is 0.783. The van der Waals surface area contributed by atoms with Crippen LogP contribution in [-0.2, 0) is 9.59 Å². The molecule has 0 aliphatic heterocycles. The second-order valence-electron chi connectivity index (χ2n) is 2.03. The van der Waals surface area contributed by atoms with Crippen LogP contribution < -0.4 is 0 Å². The third-order valence-electron chi connectivity index (χ3n) is 0.783. The van der Waals surface area contributed by atoms with Crippen molar-refractivity contribution >= 4 is 11.9 Å². The van der Waals surface area contributed by atoms with Gasteiger partial charge in [0.15, 0.2) is 0 Å². The molecule has 2 N–H and O–H groups in total. The van der Waals surface area contributed by atoms with Crippen molar-refractivity contribution in [1.29, 1.82) is 0 Å². The van der Waals surface area contributed by atoms with Crippen molar-refractivity contribution in [3.63, 3.8) is 0 Å². The molecule has 12 heavy (non-hydrogen) atoms. The maximum atomic E-state index is 9.60. The summed E-state index contributed by atoms with van der Waals surface area (Å²) < 4.78 is 0. The Balaban J connectivity index is 0. The molecule has 0 aromatic carbocycles. The summed E-state index contributed by atoms with van der Waals surface area (Å²) in [6.07, 6.45) is 2.43. The van der Waals surface area contributed by atoms with Gasteiger partial charge >= 0.3 is 11.9 Å². The Morgan fingerprint density at radius 3 is 1.83 bits per heavy atom. The highest BCUT2D eigenvalue weighted by molar-refractivity contribution is 5.68. The highest BCUT2D eigenvalue weighted by Gasteiger charge is 1.87. The molecule has 0 heterocycles. The lowest BCUT2D eigenvalue weighted by atomic mass is 10.4. The molecule has 0 amide bonds. The molecule has 4 nitrogen and oxygen atoms in total. The van der Waals surface area contributed by atoms with Gasteiger partial charge in [-0.15, -0.1) is 6.58 Å². The second kappa shape index (κ2) is 9.68. The molecule has 0 unspecified atom stereocenters. The zero-order valence-corrected chi connectivity index (χ0v) is 7.12. The summed E-state index contributed by atoms with van der Waals surface area (Å²) in [4.78, 5) is 19.1. The van der Waals surface area contributed by atoms with Crippen molar-refractivity contribution in [1.82, 2.24) is 0 Å². The molecule has 0 spiro atoms. The largest absolute Gasteiger partial charge is 0.481 e. The molecule has 0 saturated heterocycles. The molecule has 0 bridgehead atoms. The molecule has 0 aliphatic carbocycles.